The Labute approximate surface area is 121 Å². The van der Waals surface area contributed by atoms with E-state index in [2.05, 4.69) is 10.3 Å². The van der Waals surface area contributed by atoms with Gasteiger partial charge in [-0.15, -0.1) is 0 Å². The van der Waals surface area contributed by atoms with Gasteiger partial charge >= 0.3 is 0 Å². The Morgan fingerprint density at radius 2 is 1.75 bits per heavy atom. The van der Waals surface area contributed by atoms with Gasteiger partial charge in [0.25, 0.3) is 0 Å². The second-order valence-electron chi connectivity index (χ2n) is 6.95. The first-order valence-electron chi connectivity index (χ1n) is 6.71. The van der Waals surface area contributed by atoms with Crippen LogP contribution in [0.3, 0.4) is 0 Å². The first-order valence-corrected chi connectivity index (χ1v) is 6.71. The normalized spacial score (nSPS) is 13.4. The predicted molar refractivity (Wildman–Crippen MR) is 80.9 cm³/mol. The molecule has 0 fully saturated rings. The van der Waals surface area contributed by atoms with Crippen LogP contribution in [-0.4, -0.2) is 27.7 Å². The molecule has 5 heteroatoms. The molecule has 4 nitrogen and oxygen atoms in total. The van der Waals surface area contributed by atoms with Crippen LogP contribution in [0.1, 0.15) is 53.2 Å². The second-order valence-corrected chi connectivity index (χ2v) is 6.95. The molecule has 0 aromatic carbocycles. The summed E-state index contributed by atoms with van der Waals surface area (Å²) in [7, 11) is 0. The van der Waals surface area contributed by atoms with E-state index in [0.717, 1.165) is 6.20 Å². The molecule has 1 aromatic rings. The Morgan fingerprint density at radius 3 is 2.15 bits per heavy atom. The lowest BCUT2D eigenvalue weighted by atomic mass is 10.1. The van der Waals surface area contributed by atoms with Crippen LogP contribution in [-0.2, 0) is 0 Å². The number of rotatable bonds is 3. The number of hydrogen-bond acceptors (Lipinski definition) is 4. The molecule has 116 valence electrons. The summed E-state index contributed by atoms with van der Waals surface area (Å²) in [5.41, 5.74) is 5.78. The zero-order chi connectivity index (χ0) is 16.0. The molecular formula is C15H28FN3O. The van der Waals surface area contributed by atoms with Crippen molar-refractivity contribution >= 4 is 0 Å². The summed E-state index contributed by atoms with van der Waals surface area (Å²) in [6.45, 7) is 12.3. The molecule has 0 aliphatic heterocycles. The van der Waals surface area contributed by atoms with Gasteiger partial charge in [0.15, 0.2) is 0 Å². The summed E-state index contributed by atoms with van der Waals surface area (Å²) in [5.74, 6) is -0.428. The van der Waals surface area contributed by atoms with Crippen molar-refractivity contribution in [3.05, 3.63) is 29.8 Å². The highest BCUT2D eigenvalue weighted by molar-refractivity contribution is 5.13. The Kier molecular flexibility index (Phi) is 7.27. The average molecular weight is 285 g/mol. The molecule has 0 spiro atoms. The minimum Gasteiger partial charge on any atom is -0.387 e. The largest absolute Gasteiger partial charge is 0.387 e. The number of β-amino-alcohol motifs (C(OH)–C–C–N with tert-alkyl or cyclic N) is 1. The maximum atomic E-state index is 12.8. The van der Waals surface area contributed by atoms with Gasteiger partial charge in [0, 0.05) is 29.4 Å². The predicted octanol–water partition coefficient (Wildman–Crippen LogP) is 2.39. The molecule has 0 radical (unpaired) electrons. The number of nitrogens with one attached hydrogen (secondary N) is 1. The Bertz CT molecular complexity index is 391. The number of pyridine rings is 1. The van der Waals surface area contributed by atoms with E-state index < -0.39 is 11.9 Å². The van der Waals surface area contributed by atoms with Crippen LogP contribution in [0.25, 0.3) is 0 Å². The van der Waals surface area contributed by atoms with Crippen LogP contribution in [0.4, 0.5) is 4.39 Å². The van der Waals surface area contributed by atoms with Crippen LogP contribution < -0.4 is 11.1 Å². The summed E-state index contributed by atoms with van der Waals surface area (Å²) >= 11 is 0. The number of hydrogen-bond donors (Lipinski definition) is 3. The molecular weight excluding hydrogens is 257 g/mol. The van der Waals surface area contributed by atoms with Gasteiger partial charge in [-0.05, 0) is 47.6 Å². The number of nitrogens with zero attached hydrogens (tertiary/aromatic N) is 1. The van der Waals surface area contributed by atoms with E-state index in [9.17, 15) is 9.50 Å². The molecule has 0 unspecified atom stereocenters. The molecule has 0 aliphatic carbocycles. The van der Waals surface area contributed by atoms with Crippen molar-refractivity contribution in [3.63, 3.8) is 0 Å². The van der Waals surface area contributed by atoms with Gasteiger partial charge in [-0.1, -0.05) is 0 Å². The third kappa shape index (κ3) is 12.0. The highest BCUT2D eigenvalue weighted by atomic mass is 19.1. The van der Waals surface area contributed by atoms with Gasteiger partial charge < -0.3 is 16.2 Å². The van der Waals surface area contributed by atoms with E-state index in [0.29, 0.717) is 12.1 Å². The average Bonchev–Trinajstić information content (AvgIpc) is 2.22. The zero-order valence-corrected chi connectivity index (χ0v) is 13.4. The van der Waals surface area contributed by atoms with Crippen LogP contribution in [0, 0.1) is 5.82 Å². The first-order chi connectivity index (χ1) is 8.88. The van der Waals surface area contributed by atoms with E-state index in [1.165, 1.54) is 12.3 Å². The van der Waals surface area contributed by atoms with Gasteiger partial charge in [0.05, 0.1) is 12.3 Å². The molecule has 0 saturated carbocycles. The van der Waals surface area contributed by atoms with Crippen LogP contribution in [0.5, 0.6) is 0 Å². The highest BCUT2D eigenvalue weighted by Crippen LogP contribution is 2.12. The van der Waals surface area contributed by atoms with E-state index in [4.69, 9.17) is 5.73 Å². The van der Waals surface area contributed by atoms with Crippen molar-refractivity contribution in [2.45, 2.75) is 58.7 Å². The smallest absolute Gasteiger partial charge is 0.141 e. The SMILES string of the molecule is CC(C)(C)N.CC(C)(C)NC[C@H](O)c1cncc(F)c1. The maximum Gasteiger partial charge on any atom is 0.141 e. The quantitative estimate of drug-likeness (QED) is 0.797. The molecule has 0 bridgehead atoms. The molecule has 20 heavy (non-hydrogen) atoms. The second kappa shape index (κ2) is 7.67. The van der Waals surface area contributed by atoms with Gasteiger partial charge in [-0.3, -0.25) is 4.98 Å². The van der Waals surface area contributed by atoms with Crippen molar-refractivity contribution in [2.24, 2.45) is 5.73 Å². The molecule has 1 rings (SSSR count). The topological polar surface area (TPSA) is 71.2 Å². The Balaban J connectivity index is 0.000000621. The summed E-state index contributed by atoms with van der Waals surface area (Å²) < 4.78 is 12.8. The van der Waals surface area contributed by atoms with Gasteiger partial charge in [-0.2, -0.15) is 0 Å². The maximum absolute atomic E-state index is 12.8. The van der Waals surface area contributed by atoms with Crippen molar-refractivity contribution < 1.29 is 9.50 Å². The fourth-order valence-electron chi connectivity index (χ4n) is 1.13. The number of aliphatic hydroxyl groups is 1. The zero-order valence-electron chi connectivity index (χ0n) is 13.4. The Morgan fingerprint density at radius 1 is 1.25 bits per heavy atom. The Hall–Kier alpha value is -1.04. The van der Waals surface area contributed by atoms with Gasteiger partial charge in [0.2, 0.25) is 0 Å². The number of halogens is 1. The van der Waals surface area contributed by atoms with Crippen molar-refractivity contribution in [3.8, 4) is 0 Å². The van der Waals surface area contributed by atoms with E-state index in [-0.39, 0.29) is 11.1 Å². The molecule has 0 amide bonds. The fourth-order valence-corrected chi connectivity index (χ4v) is 1.13. The van der Waals surface area contributed by atoms with E-state index in [1.54, 1.807) is 0 Å². The van der Waals surface area contributed by atoms with E-state index >= 15 is 0 Å². The summed E-state index contributed by atoms with van der Waals surface area (Å²) in [6, 6.07) is 1.29. The third-order valence-electron chi connectivity index (χ3n) is 1.94. The van der Waals surface area contributed by atoms with Gasteiger partial charge in [-0.25, -0.2) is 4.39 Å². The first kappa shape index (κ1) is 19.0. The number of nitrogens with two attached hydrogens (primary N) is 1. The lowest BCUT2D eigenvalue weighted by Gasteiger charge is -2.22. The molecule has 1 atom stereocenters. The molecule has 1 heterocycles. The van der Waals surface area contributed by atoms with Gasteiger partial charge in [0.1, 0.15) is 5.82 Å². The van der Waals surface area contributed by atoms with Crippen LogP contribution >= 0.6 is 0 Å². The third-order valence-corrected chi connectivity index (χ3v) is 1.94. The standard InChI is InChI=1S/C11H17FN2O.C4H11N/c1-11(2,3)14-7-10(15)8-4-9(12)6-13-5-8;1-4(2,3)5/h4-6,10,14-15H,7H2,1-3H3;5H2,1-3H3/t10-;/m0./s1. The summed E-state index contributed by atoms with van der Waals surface area (Å²) in [6.07, 6.45) is 1.86. The number of aliphatic hydroxyl groups excluding tert-OH is 1. The van der Waals surface area contributed by atoms with E-state index in [1.807, 2.05) is 41.5 Å². The molecule has 1 aromatic heterocycles. The lowest BCUT2D eigenvalue weighted by molar-refractivity contribution is 0.162. The minimum atomic E-state index is -0.729. The summed E-state index contributed by atoms with van der Waals surface area (Å²) in [4.78, 5) is 3.69. The molecule has 4 N–H and O–H groups in total. The highest BCUT2D eigenvalue weighted by Gasteiger charge is 2.14. The van der Waals surface area contributed by atoms with Crippen molar-refractivity contribution in [1.82, 2.24) is 10.3 Å². The monoisotopic (exact) mass is 285 g/mol. The van der Waals surface area contributed by atoms with Crippen molar-refractivity contribution in [2.75, 3.05) is 6.54 Å². The minimum absolute atomic E-state index is 0. The fraction of sp³-hybridized carbons (Fsp3) is 0.667. The number of aromatic nitrogens is 1. The molecule has 0 aliphatic rings. The summed E-state index contributed by atoms with van der Waals surface area (Å²) in [5, 5.41) is 12.9. The molecule has 0 saturated heterocycles. The van der Waals surface area contributed by atoms with Crippen LogP contribution in [0.2, 0.25) is 0 Å². The van der Waals surface area contributed by atoms with Crippen LogP contribution in [0.15, 0.2) is 18.5 Å². The van der Waals surface area contributed by atoms with Crippen molar-refractivity contribution in [1.29, 1.82) is 0 Å². The lowest BCUT2D eigenvalue weighted by Crippen LogP contribution is -2.38.